The van der Waals surface area contributed by atoms with Gasteiger partial charge in [-0.15, -0.1) is 0 Å². The molecule has 0 aliphatic heterocycles. The SMILES string of the molecule is CCOC(=O)c1c(OC)c(C)c(=O)n(C)c1Nc1ccc(C)cc1F. The zero-order valence-electron chi connectivity index (χ0n) is 14.9. The van der Waals surface area contributed by atoms with Crippen molar-refractivity contribution in [3.05, 3.63) is 51.1 Å². The zero-order valence-corrected chi connectivity index (χ0v) is 14.9. The van der Waals surface area contributed by atoms with Gasteiger partial charge in [-0.25, -0.2) is 9.18 Å². The summed E-state index contributed by atoms with van der Waals surface area (Å²) in [6.45, 7) is 5.15. The molecule has 2 rings (SSSR count). The fraction of sp³-hybridized carbons (Fsp3) is 0.333. The molecule has 7 heteroatoms. The fourth-order valence-electron chi connectivity index (χ4n) is 2.56. The maximum Gasteiger partial charge on any atom is 0.345 e. The number of nitrogens with one attached hydrogen (secondary N) is 1. The molecule has 0 atom stereocenters. The summed E-state index contributed by atoms with van der Waals surface area (Å²) in [7, 11) is 2.85. The zero-order chi connectivity index (χ0) is 18.7. The molecular formula is C18H21FN2O4. The monoisotopic (exact) mass is 348 g/mol. The molecule has 1 N–H and O–H groups in total. The van der Waals surface area contributed by atoms with Gasteiger partial charge in [-0.05, 0) is 38.5 Å². The van der Waals surface area contributed by atoms with Gasteiger partial charge in [0, 0.05) is 7.05 Å². The first kappa shape index (κ1) is 18.5. The highest BCUT2D eigenvalue weighted by atomic mass is 19.1. The molecule has 1 aromatic carbocycles. The number of aromatic nitrogens is 1. The van der Waals surface area contributed by atoms with Crippen molar-refractivity contribution in [1.29, 1.82) is 0 Å². The average molecular weight is 348 g/mol. The molecule has 134 valence electrons. The molecule has 0 spiro atoms. The lowest BCUT2D eigenvalue weighted by Crippen LogP contribution is -2.26. The minimum atomic E-state index is -0.659. The Kier molecular flexibility index (Phi) is 5.46. The van der Waals surface area contributed by atoms with Crippen molar-refractivity contribution in [1.82, 2.24) is 4.57 Å². The molecule has 1 aromatic heterocycles. The summed E-state index contributed by atoms with van der Waals surface area (Å²) >= 11 is 0. The van der Waals surface area contributed by atoms with Crippen LogP contribution in [0.25, 0.3) is 0 Å². The average Bonchev–Trinajstić information content (AvgIpc) is 2.57. The van der Waals surface area contributed by atoms with Crippen molar-refractivity contribution in [2.24, 2.45) is 7.05 Å². The van der Waals surface area contributed by atoms with E-state index in [-0.39, 0.29) is 40.5 Å². The number of ether oxygens (including phenoxy) is 2. The molecule has 2 aromatic rings. The van der Waals surface area contributed by atoms with E-state index in [0.717, 1.165) is 5.56 Å². The predicted molar refractivity (Wildman–Crippen MR) is 93.3 cm³/mol. The van der Waals surface area contributed by atoms with E-state index in [0.29, 0.717) is 0 Å². The summed E-state index contributed by atoms with van der Waals surface area (Å²) < 4.78 is 25.8. The molecule has 0 saturated carbocycles. The quantitative estimate of drug-likeness (QED) is 0.841. The van der Waals surface area contributed by atoms with Gasteiger partial charge in [0.1, 0.15) is 22.9 Å². The Morgan fingerprint density at radius 1 is 1.32 bits per heavy atom. The number of hydrogen-bond donors (Lipinski definition) is 1. The molecule has 6 nitrogen and oxygen atoms in total. The van der Waals surface area contributed by atoms with E-state index in [1.54, 1.807) is 26.8 Å². The Bertz CT molecular complexity index is 874. The van der Waals surface area contributed by atoms with E-state index in [2.05, 4.69) is 5.32 Å². The van der Waals surface area contributed by atoms with Gasteiger partial charge in [0.2, 0.25) is 0 Å². The van der Waals surface area contributed by atoms with Crippen LogP contribution in [0.4, 0.5) is 15.9 Å². The Balaban J connectivity index is 2.72. The summed E-state index contributed by atoms with van der Waals surface area (Å²) in [6, 6.07) is 4.62. The van der Waals surface area contributed by atoms with Crippen LogP contribution in [0.5, 0.6) is 5.75 Å². The van der Waals surface area contributed by atoms with Crippen LogP contribution in [0.2, 0.25) is 0 Å². The smallest absolute Gasteiger partial charge is 0.345 e. The first-order valence-corrected chi connectivity index (χ1v) is 7.79. The van der Waals surface area contributed by atoms with Crippen molar-refractivity contribution >= 4 is 17.5 Å². The Hall–Kier alpha value is -2.83. The third-order valence-corrected chi connectivity index (χ3v) is 3.83. The van der Waals surface area contributed by atoms with Gasteiger partial charge in [-0.3, -0.25) is 9.36 Å². The molecule has 0 unspecified atom stereocenters. The van der Waals surface area contributed by atoms with Crippen molar-refractivity contribution in [2.45, 2.75) is 20.8 Å². The number of carbonyl (C=O) groups excluding carboxylic acids is 1. The highest BCUT2D eigenvalue weighted by molar-refractivity contribution is 5.99. The van der Waals surface area contributed by atoms with E-state index in [1.165, 1.54) is 30.9 Å². The van der Waals surface area contributed by atoms with Gasteiger partial charge in [-0.2, -0.15) is 0 Å². The van der Waals surface area contributed by atoms with Crippen molar-refractivity contribution in [2.75, 3.05) is 19.0 Å². The first-order valence-electron chi connectivity index (χ1n) is 7.79. The van der Waals surface area contributed by atoms with Crippen LogP contribution in [0.15, 0.2) is 23.0 Å². The lowest BCUT2D eigenvalue weighted by Gasteiger charge is -2.19. The number of hydrogen-bond acceptors (Lipinski definition) is 5. The topological polar surface area (TPSA) is 69.6 Å². The second kappa shape index (κ2) is 7.38. The summed E-state index contributed by atoms with van der Waals surface area (Å²) in [5.41, 5.74) is 0.841. The summed E-state index contributed by atoms with van der Waals surface area (Å²) in [4.78, 5) is 24.9. The van der Waals surface area contributed by atoms with Crippen LogP contribution in [0, 0.1) is 19.7 Å². The molecule has 0 radical (unpaired) electrons. The Morgan fingerprint density at radius 3 is 2.56 bits per heavy atom. The molecule has 1 heterocycles. The summed E-state index contributed by atoms with van der Waals surface area (Å²) in [6.07, 6.45) is 0. The molecular weight excluding hydrogens is 327 g/mol. The highest BCUT2D eigenvalue weighted by Gasteiger charge is 2.26. The van der Waals surface area contributed by atoms with Crippen LogP contribution < -0.4 is 15.6 Å². The maximum absolute atomic E-state index is 14.2. The van der Waals surface area contributed by atoms with Gasteiger partial charge in [0.05, 0.1) is 25.0 Å². The first-order chi connectivity index (χ1) is 11.8. The molecule has 0 amide bonds. The number of carbonyl (C=O) groups is 1. The number of rotatable bonds is 5. The van der Waals surface area contributed by atoms with Crippen molar-refractivity contribution in [3.63, 3.8) is 0 Å². The number of benzene rings is 1. The molecule has 0 aliphatic rings. The maximum atomic E-state index is 14.2. The van der Waals surface area contributed by atoms with Gasteiger partial charge in [0.25, 0.3) is 5.56 Å². The predicted octanol–water partition coefficient (Wildman–Crippen LogP) is 3.07. The largest absolute Gasteiger partial charge is 0.495 e. The van der Waals surface area contributed by atoms with Crippen molar-refractivity contribution < 1.29 is 18.7 Å². The molecule has 0 bridgehead atoms. The van der Waals surface area contributed by atoms with Gasteiger partial charge < -0.3 is 14.8 Å². The van der Waals surface area contributed by atoms with Crippen LogP contribution in [-0.4, -0.2) is 24.3 Å². The molecule has 0 aliphatic carbocycles. The van der Waals surface area contributed by atoms with E-state index in [9.17, 15) is 14.0 Å². The fourth-order valence-corrected chi connectivity index (χ4v) is 2.56. The lowest BCUT2D eigenvalue weighted by molar-refractivity contribution is 0.0523. The third-order valence-electron chi connectivity index (χ3n) is 3.83. The van der Waals surface area contributed by atoms with Crippen LogP contribution in [-0.2, 0) is 11.8 Å². The van der Waals surface area contributed by atoms with E-state index >= 15 is 0 Å². The molecule has 0 fully saturated rings. The number of methoxy groups -OCH3 is 1. The molecule has 25 heavy (non-hydrogen) atoms. The normalized spacial score (nSPS) is 10.5. The van der Waals surface area contributed by atoms with Crippen LogP contribution in [0.3, 0.4) is 0 Å². The van der Waals surface area contributed by atoms with E-state index in [4.69, 9.17) is 9.47 Å². The Labute approximate surface area is 145 Å². The number of pyridine rings is 1. The van der Waals surface area contributed by atoms with Crippen molar-refractivity contribution in [3.8, 4) is 5.75 Å². The lowest BCUT2D eigenvalue weighted by atomic mass is 10.1. The number of aryl methyl sites for hydroxylation is 1. The van der Waals surface area contributed by atoms with E-state index in [1.807, 2.05) is 0 Å². The number of halogens is 1. The summed E-state index contributed by atoms with van der Waals surface area (Å²) in [5, 5.41) is 2.83. The number of nitrogens with zero attached hydrogens (tertiary/aromatic N) is 1. The minimum absolute atomic E-state index is 0.0453. The second-order valence-corrected chi connectivity index (χ2v) is 5.57. The third kappa shape index (κ3) is 3.50. The number of anilines is 2. The standard InChI is InChI=1S/C18H21FN2O4/c1-6-25-18(23)14-15(24-5)11(3)17(22)21(4)16(14)20-13-8-7-10(2)9-12(13)19/h7-9,20H,6H2,1-5H3. The summed E-state index contributed by atoms with van der Waals surface area (Å²) in [5.74, 6) is -0.944. The highest BCUT2D eigenvalue weighted by Crippen LogP contribution is 2.31. The molecule has 0 saturated heterocycles. The van der Waals surface area contributed by atoms with Crippen LogP contribution >= 0.6 is 0 Å². The van der Waals surface area contributed by atoms with Gasteiger partial charge in [-0.1, -0.05) is 6.07 Å². The number of esters is 1. The van der Waals surface area contributed by atoms with E-state index < -0.39 is 11.8 Å². The second-order valence-electron chi connectivity index (χ2n) is 5.57. The van der Waals surface area contributed by atoms with Gasteiger partial charge in [0.15, 0.2) is 0 Å². The van der Waals surface area contributed by atoms with Gasteiger partial charge >= 0.3 is 5.97 Å². The minimum Gasteiger partial charge on any atom is -0.495 e. The Morgan fingerprint density at radius 2 is 2.00 bits per heavy atom. The van der Waals surface area contributed by atoms with Crippen LogP contribution in [0.1, 0.15) is 28.4 Å².